The average Bonchev–Trinajstić information content (AvgIpc) is 3.44. The molecule has 0 saturated carbocycles. The SMILES string of the molecule is O=C(CCc1nnc(-c2ccsc2)o1)Nc1ccc(N=Nc2ccccc2)cc1. The normalized spacial score (nSPS) is 11.0. The number of hydrogen-bond donors (Lipinski definition) is 1. The topological polar surface area (TPSA) is 92.7 Å². The Hall–Kier alpha value is -3.65. The largest absolute Gasteiger partial charge is 0.421 e. The highest BCUT2D eigenvalue weighted by molar-refractivity contribution is 7.08. The van der Waals surface area contributed by atoms with E-state index in [0.717, 1.165) is 11.3 Å². The zero-order valence-electron chi connectivity index (χ0n) is 15.4. The number of benzene rings is 2. The molecule has 0 aliphatic rings. The highest BCUT2D eigenvalue weighted by Gasteiger charge is 2.11. The maximum Gasteiger partial charge on any atom is 0.248 e. The standard InChI is InChI=1S/C21H17N5O2S/c27-19(10-11-20-25-26-21(28-20)15-12-13-29-14-15)22-16-6-8-18(9-7-16)24-23-17-4-2-1-3-5-17/h1-9,12-14H,10-11H2,(H,22,27). The third-order valence-electron chi connectivity index (χ3n) is 3.99. The molecule has 2 aromatic heterocycles. The monoisotopic (exact) mass is 403 g/mol. The van der Waals surface area contributed by atoms with E-state index in [9.17, 15) is 4.79 Å². The molecule has 0 aliphatic heterocycles. The summed E-state index contributed by atoms with van der Waals surface area (Å²) >= 11 is 1.56. The predicted molar refractivity (Wildman–Crippen MR) is 112 cm³/mol. The fourth-order valence-corrected chi connectivity index (χ4v) is 3.15. The van der Waals surface area contributed by atoms with Gasteiger partial charge in [0.2, 0.25) is 17.7 Å². The molecule has 0 aliphatic carbocycles. The molecule has 8 heteroatoms. The lowest BCUT2D eigenvalue weighted by Crippen LogP contribution is -2.12. The molecular weight excluding hydrogens is 386 g/mol. The van der Waals surface area contributed by atoms with Gasteiger partial charge < -0.3 is 9.73 Å². The molecule has 0 radical (unpaired) electrons. The van der Waals surface area contributed by atoms with Gasteiger partial charge in [-0.1, -0.05) is 18.2 Å². The number of aryl methyl sites for hydroxylation is 1. The number of carbonyl (C=O) groups is 1. The van der Waals surface area contributed by atoms with Crippen molar-refractivity contribution in [2.75, 3.05) is 5.32 Å². The lowest BCUT2D eigenvalue weighted by atomic mass is 10.2. The first-order valence-corrected chi connectivity index (χ1v) is 9.92. The summed E-state index contributed by atoms with van der Waals surface area (Å²) in [6.45, 7) is 0. The molecule has 0 spiro atoms. The Kier molecular flexibility index (Phi) is 5.82. The van der Waals surface area contributed by atoms with Crippen molar-refractivity contribution < 1.29 is 9.21 Å². The number of amides is 1. The average molecular weight is 403 g/mol. The van der Waals surface area contributed by atoms with E-state index in [1.54, 1.807) is 35.6 Å². The van der Waals surface area contributed by atoms with Gasteiger partial charge in [0.25, 0.3) is 0 Å². The number of thiophene rings is 1. The molecule has 4 rings (SSSR count). The minimum absolute atomic E-state index is 0.126. The molecule has 2 aromatic carbocycles. The number of carbonyl (C=O) groups excluding carboxylic acids is 1. The Morgan fingerprint density at radius 3 is 2.45 bits per heavy atom. The molecule has 1 amide bonds. The van der Waals surface area contributed by atoms with Gasteiger partial charge in [-0.15, -0.1) is 10.2 Å². The number of hydrogen-bond acceptors (Lipinski definition) is 7. The van der Waals surface area contributed by atoms with Gasteiger partial charge in [0.05, 0.1) is 11.4 Å². The highest BCUT2D eigenvalue weighted by Crippen LogP contribution is 2.22. The second-order valence-corrected chi connectivity index (χ2v) is 6.92. The molecule has 4 aromatic rings. The summed E-state index contributed by atoms with van der Waals surface area (Å²) in [6, 6.07) is 18.6. The Morgan fingerprint density at radius 1 is 0.966 bits per heavy atom. The molecule has 0 unspecified atom stereocenters. The van der Waals surface area contributed by atoms with Gasteiger partial charge >= 0.3 is 0 Å². The van der Waals surface area contributed by atoms with E-state index in [4.69, 9.17) is 4.42 Å². The third kappa shape index (κ3) is 5.20. The van der Waals surface area contributed by atoms with Gasteiger partial charge in [0.15, 0.2) is 0 Å². The Balaban J connectivity index is 1.28. The molecule has 0 atom stereocenters. The minimum atomic E-state index is -0.126. The predicted octanol–water partition coefficient (Wildman–Crippen LogP) is 5.78. The molecule has 0 saturated heterocycles. The van der Waals surface area contributed by atoms with Crippen LogP contribution in [0.3, 0.4) is 0 Å². The fourth-order valence-electron chi connectivity index (χ4n) is 2.52. The lowest BCUT2D eigenvalue weighted by Gasteiger charge is -2.04. The first-order chi connectivity index (χ1) is 14.3. The van der Waals surface area contributed by atoms with Crippen molar-refractivity contribution in [2.24, 2.45) is 10.2 Å². The Labute approximate surface area is 171 Å². The van der Waals surface area contributed by atoms with E-state index in [-0.39, 0.29) is 12.3 Å². The number of rotatable bonds is 7. The number of nitrogens with zero attached hydrogens (tertiary/aromatic N) is 4. The van der Waals surface area contributed by atoms with Crippen LogP contribution in [0.2, 0.25) is 0 Å². The van der Waals surface area contributed by atoms with Crippen LogP contribution in [0.25, 0.3) is 11.5 Å². The maximum atomic E-state index is 12.2. The van der Waals surface area contributed by atoms with Gasteiger partial charge in [-0.2, -0.15) is 21.6 Å². The first-order valence-electron chi connectivity index (χ1n) is 8.98. The van der Waals surface area contributed by atoms with Crippen LogP contribution in [0.15, 0.2) is 86.1 Å². The highest BCUT2D eigenvalue weighted by atomic mass is 32.1. The van der Waals surface area contributed by atoms with Crippen LogP contribution in [-0.4, -0.2) is 16.1 Å². The van der Waals surface area contributed by atoms with Crippen LogP contribution in [-0.2, 0) is 11.2 Å². The van der Waals surface area contributed by atoms with Crippen LogP contribution in [0.5, 0.6) is 0 Å². The summed E-state index contributed by atoms with van der Waals surface area (Å²) in [5.74, 6) is 0.791. The minimum Gasteiger partial charge on any atom is -0.421 e. The number of aromatic nitrogens is 2. The molecule has 29 heavy (non-hydrogen) atoms. The first kappa shape index (κ1) is 18.7. The molecule has 7 nitrogen and oxygen atoms in total. The molecule has 0 bridgehead atoms. The molecule has 2 heterocycles. The second kappa shape index (κ2) is 9.03. The summed E-state index contributed by atoms with van der Waals surface area (Å²) in [5, 5.41) is 23.1. The van der Waals surface area contributed by atoms with Crippen molar-refractivity contribution in [3.63, 3.8) is 0 Å². The van der Waals surface area contributed by atoms with Gasteiger partial charge in [0, 0.05) is 29.5 Å². The van der Waals surface area contributed by atoms with Gasteiger partial charge in [-0.3, -0.25) is 4.79 Å². The van der Waals surface area contributed by atoms with E-state index >= 15 is 0 Å². The molecule has 0 fully saturated rings. The smallest absolute Gasteiger partial charge is 0.248 e. The van der Waals surface area contributed by atoms with Crippen molar-refractivity contribution in [1.82, 2.24) is 10.2 Å². The van der Waals surface area contributed by atoms with Gasteiger partial charge in [0.1, 0.15) is 0 Å². The number of azo groups is 1. The number of anilines is 1. The van der Waals surface area contributed by atoms with Crippen LogP contribution in [0, 0.1) is 0 Å². The Bertz CT molecular complexity index is 1090. The van der Waals surface area contributed by atoms with Crippen LogP contribution < -0.4 is 5.32 Å². The van der Waals surface area contributed by atoms with E-state index in [1.165, 1.54) is 0 Å². The van der Waals surface area contributed by atoms with E-state index in [1.807, 2.05) is 47.2 Å². The molecular formula is C21H17N5O2S. The lowest BCUT2D eigenvalue weighted by molar-refractivity contribution is -0.116. The summed E-state index contributed by atoms with van der Waals surface area (Å²) < 4.78 is 5.59. The number of nitrogens with one attached hydrogen (secondary N) is 1. The fraction of sp³-hybridized carbons (Fsp3) is 0.0952. The van der Waals surface area contributed by atoms with Crippen molar-refractivity contribution in [3.05, 3.63) is 77.3 Å². The molecule has 1 N–H and O–H groups in total. The van der Waals surface area contributed by atoms with E-state index < -0.39 is 0 Å². The van der Waals surface area contributed by atoms with Gasteiger partial charge in [-0.05, 0) is 47.8 Å². The summed E-state index contributed by atoms with van der Waals surface area (Å²) in [5.41, 5.74) is 3.08. The van der Waals surface area contributed by atoms with Gasteiger partial charge in [-0.25, -0.2) is 0 Å². The summed E-state index contributed by atoms with van der Waals surface area (Å²) in [4.78, 5) is 12.2. The van der Waals surface area contributed by atoms with E-state index in [0.29, 0.717) is 29.6 Å². The molecule has 144 valence electrons. The van der Waals surface area contributed by atoms with Crippen molar-refractivity contribution >= 4 is 34.3 Å². The maximum absolute atomic E-state index is 12.2. The second-order valence-electron chi connectivity index (χ2n) is 6.14. The van der Waals surface area contributed by atoms with Crippen LogP contribution >= 0.6 is 11.3 Å². The van der Waals surface area contributed by atoms with Crippen molar-refractivity contribution in [3.8, 4) is 11.5 Å². The van der Waals surface area contributed by atoms with Crippen molar-refractivity contribution in [2.45, 2.75) is 12.8 Å². The quantitative estimate of drug-likeness (QED) is 0.396. The van der Waals surface area contributed by atoms with Crippen molar-refractivity contribution in [1.29, 1.82) is 0 Å². The zero-order chi connectivity index (χ0) is 19.9. The Morgan fingerprint density at radius 2 is 1.72 bits per heavy atom. The van der Waals surface area contributed by atoms with Crippen LogP contribution in [0.4, 0.5) is 17.1 Å². The third-order valence-corrected chi connectivity index (χ3v) is 4.67. The van der Waals surface area contributed by atoms with Crippen LogP contribution in [0.1, 0.15) is 12.3 Å². The summed E-state index contributed by atoms with van der Waals surface area (Å²) in [7, 11) is 0. The van der Waals surface area contributed by atoms with E-state index in [2.05, 4.69) is 25.7 Å². The summed E-state index contributed by atoms with van der Waals surface area (Å²) in [6.07, 6.45) is 0.632. The zero-order valence-corrected chi connectivity index (χ0v) is 16.2.